The number of carboxylic acids is 1. The van der Waals surface area contributed by atoms with Gasteiger partial charge in [-0.25, -0.2) is 4.98 Å². The summed E-state index contributed by atoms with van der Waals surface area (Å²) >= 11 is 13.5. The Labute approximate surface area is 152 Å². The maximum Gasteiger partial charge on any atom is 0.323 e. The van der Waals surface area contributed by atoms with Crippen molar-refractivity contribution in [3.8, 4) is 11.1 Å². The number of halogens is 2. The van der Waals surface area contributed by atoms with E-state index in [9.17, 15) is 4.79 Å². The molecule has 1 aromatic carbocycles. The second kappa shape index (κ2) is 6.55. The Hall–Kier alpha value is -1.89. The molecule has 0 unspecified atom stereocenters. The molecule has 3 rings (SSSR count). The van der Waals surface area contributed by atoms with E-state index in [-0.39, 0.29) is 11.8 Å². The second-order valence-corrected chi connectivity index (χ2v) is 7.26. The number of fused-ring (bicyclic) bond motifs is 1. The monoisotopic (exact) mass is 381 g/mol. The topological polar surface area (TPSA) is 66.3 Å². The number of thiophene rings is 1. The summed E-state index contributed by atoms with van der Waals surface area (Å²) in [4.78, 5) is 23.0. The first-order chi connectivity index (χ1) is 11.4. The van der Waals surface area contributed by atoms with Crippen molar-refractivity contribution in [3.63, 3.8) is 0 Å². The molecule has 0 bridgehead atoms. The first-order valence-corrected chi connectivity index (χ1v) is 8.59. The van der Waals surface area contributed by atoms with Crippen LogP contribution in [-0.2, 0) is 4.79 Å². The molecule has 0 saturated heterocycles. The van der Waals surface area contributed by atoms with Crippen molar-refractivity contribution in [3.05, 3.63) is 39.4 Å². The van der Waals surface area contributed by atoms with Gasteiger partial charge in [0, 0.05) is 22.5 Å². The van der Waals surface area contributed by atoms with E-state index in [4.69, 9.17) is 28.3 Å². The number of hydrogen-bond acceptors (Lipinski definition) is 5. The summed E-state index contributed by atoms with van der Waals surface area (Å²) in [5, 5.41) is 10.6. The number of hydrogen-bond donors (Lipinski definition) is 1. The van der Waals surface area contributed by atoms with Gasteiger partial charge >= 0.3 is 5.97 Å². The van der Waals surface area contributed by atoms with Crippen LogP contribution in [0.25, 0.3) is 21.3 Å². The van der Waals surface area contributed by atoms with E-state index in [1.165, 1.54) is 11.3 Å². The van der Waals surface area contributed by atoms with Gasteiger partial charge in [-0.15, -0.1) is 11.3 Å². The van der Waals surface area contributed by atoms with Crippen LogP contribution in [0.4, 0.5) is 5.82 Å². The molecule has 0 aliphatic carbocycles. The van der Waals surface area contributed by atoms with Crippen molar-refractivity contribution in [1.82, 2.24) is 9.97 Å². The third-order valence-electron chi connectivity index (χ3n) is 3.55. The number of likely N-dealkylation sites (N-methyl/N-ethyl adjacent to an activating group) is 1. The highest BCUT2D eigenvalue weighted by atomic mass is 35.5. The molecule has 0 amide bonds. The van der Waals surface area contributed by atoms with E-state index in [1.807, 2.05) is 31.2 Å². The number of rotatable bonds is 4. The fourth-order valence-electron chi connectivity index (χ4n) is 2.59. The van der Waals surface area contributed by atoms with Crippen LogP contribution in [0.5, 0.6) is 0 Å². The van der Waals surface area contributed by atoms with Crippen molar-refractivity contribution in [2.45, 2.75) is 6.92 Å². The predicted molar refractivity (Wildman–Crippen MR) is 98.5 cm³/mol. The summed E-state index contributed by atoms with van der Waals surface area (Å²) in [7, 11) is 1.67. The molecule has 24 heavy (non-hydrogen) atoms. The average Bonchev–Trinajstić information content (AvgIpc) is 2.82. The fraction of sp³-hybridized carbons (Fsp3) is 0.188. The Morgan fingerprint density at radius 2 is 1.92 bits per heavy atom. The van der Waals surface area contributed by atoms with Gasteiger partial charge in [-0.2, -0.15) is 4.98 Å². The maximum absolute atomic E-state index is 11.1. The summed E-state index contributed by atoms with van der Waals surface area (Å²) in [6, 6.07) is 7.48. The zero-order valence-corrected chi connectivity index (χ0v) is 15.2. The Balaban J connectivity index is 2.28. The summed E-state index contributed by atoms with van der Waals surface area (Å²) < 4.78 is 0. The smallest absolute Gasteiger partial charge is 0.323 e. The van der Waals surface area contributed by atoms with Gasteiger partial charge < -0.3 is 10.0 Å². The predicted octanol–water partition coefficient (Wildman–Crippen LogP) is 4.49. The first-order valence-electron chi connectivity index (χ1n) is 7.02. The molecule has 0 spiro atoms. The molecular formula is C16H13Cl2N3O2S. The first kappa shape index (κ1) is 17.0. The van der Waals surface area contributed by atoms with Crippen LogP contribution in [0, 0.1) is 6.92 Å². The summed E-state index contributed by atoms with van der Waals surface area (Å²) in [5.41, 5.74) is 1.94. The van der Waals surface area contributed by atoms with Crippen molar-refractivity contribution in [1.29, 1.82) is 0 Å². The molecule has 0 radical (unpaired) electrons. The van der Waals surface area contributed by atoms with Crippen molar-refractivity contribution >= 4 is 56.5 Å². The number of anilines is 1. The van der Waals surface area contributed by atoms with Crippen LogP contribution >= 0.6 is 34.5 Å². The summed E-state index contributed by atoms with van der Waals surface area (Å²) in [6.07, 6.45) is 0. The van der Waals surface area contributed by atoms with Crippen molar-refractivity contribution in [2.24, 2.45) is 0 Å². The maximum atomic E-state index is 11.1. The number of aliphatic carboxylic acids is 1. The number of benzene rings is 1. The molecule has 2 aromatic heterocycles. The molecular weight excluding hydrogens is 369 g/mol. The number of carbonyl (C=O) groups is 1. The van der Waals surface area contributed by atoms with Gasteiger partial charge in [-0.1, -0.05) is 23.7 Å². The van der Waals surface area contributed by atoms with Crippen LogP contribution in [0.3, 0.4) is 0 Å². The zero-order chi connectivity index (χ0) is 17.4. The minimum absolute atomic E-state index is 0.0960. The Bertz CT molecular complexity index is 925. The lowest BCUT2D eigenvalue weighted by Gasteiger charge is -2.17. The Kier molecular flexibility index (Phi) is 4.62. The van der Waals surface area contributed by atoms with Crippen LogP contribution in [0.1, 0.15) is 4.88 Å². The molecule has 0 saturated carbocycles. The number of carboxylic acid groups (broad SMARTS) is 1. The van der Waals surface area contributed by atoms with Gasteiger partial charge in [0.25, 0.3) is 0 Å². The largest absolute Gasteiger partial charge is 0.480 e. The van der Waals surface area contributed by atoms with Gasteiger partial charge in [0.05, 0.1) is 5.39 Å². The third kappa shape index (κ3) is 3.17. The van der Waals surface area contributed by atoms with Crippen molar-refractivity contribution in [2.75, 3.05) is 18.5 Å². The second-order valence-electron chi connectivity index (χ2n) is 5.29. The molecule has 3 aromatic rings. The molecule has 124 valence electrons. The van der Waals surface area contributed by atoms with Crippen LogP contribution in [0.2, 0.25) is 10.3 Å². The Morgan fingerprint density at radius 3 is 2.54 bits per heavy atom. The fourth-order valence-corrected chi connectivity index (χ4v) is 3.97. The zero-order valence-electron chi connectivity index (χ0n) is 12.9. The Morgan fingerprint density at radius 1 is 1.25 bits per heavy atom. The number of nitrogens with zero attached hydrogens (tertiary/aromatic N) is 3. The molecule has 0 atom stereocenters. The minimum Gasteiger partial charge on any atom is -0.480 e. The molecule has 0 aliphatic heterocycles. The molecule has 0 aliphatic rings. The molecule has 0 fully saturated rings. The molecule has 2 heterocycles. The average molecular weight is 382 g/mol. The van der Waals surface area contributed by atoms with Gasteiger partial charge in [0.2, 0.25) is 5.28 Å². The molecule has 5 nitrogen and oxygen atoms in total. The van der Waals surface area contributed by atoms with Crippen LogP contribution < -0.4 is 4.90 Å². The lowest BCUT2D eigenvalue weighted by atomic mass is 10.0. The lowest BCUT2D eigenvalue weighted by Crippen LogP contribution is -2.26. The quantitative estimate of drug-likeness (QED) is 0.674. The van der Waals surface area contributed by atoms with E-state index in [0.717, 1.165) is 26.2 Å². The normalized spacial score (nSPS) is 11.0. The van der Waals surface area contributed by atoms with Gasteiger partial charge in [0.15, 0.2) is 0 Å². The highest BCUT2D eigenvalue weighted by Crippen LogP contribution is 2.42. The van der Waals surface area contributed by atoms with Gasteiger partial charge in [-0.05, 0) is 36.2 Å². The standard InChI is InChI=1S/C16H13Cl2N3O2S/c1-8-12(9-3-5-10(17)6-4-9)13-14(21(2)7-11(22)23)19-16(18)20-15(13)24-8/h3-6H,7H2,1-2H3,(H,22,23). The molecule has 8 heteroatoms. The third-order valence-corrected chi connectivity index (χ3v) is 4.97. The highest BCUT2D eigenvalue weighted by molar-refractivity contribution is 7.19. The van der Waals surface area contributed by atoms with Crippen LogP contribution in [-0.4, -0.2) is 34.6 Å². The van der Waals surface area contributed by atoms with Crippen molar-refractivity contribution < 1.29 is 9.90 Å². The SMILES string of the molecule is Cc1sc2nc(Cl)nc(N(C)CC(=O)O)c2c1-c1ccc(Cl)cc1. The number of aromatic nitrogens is 2. The van der Waals surface area contributed by atoms with E-state index >= 15 is 0 Å². The summed E-state index contributed by atoms with van der Waals surface area (Å²) in [6.45, 7) is 1.81. The van der Waals surface area contributed by atoms with E-state index in [2.05, 4.69) is 9.97 Å². The van der Waals surface area contributed by atoms with E-state index in [1.54, 1.807) is 11.9 Å². The van der Waals surface area contributed by atoms with Gasteiger partial charge in [-0.3, -0.25) is 4.79 Å². The lowest BCUT2D eigenvalue weighted by molar-refractivity contribution is -0.135. The highest BCUT2D eigenvalue weighted by Gasteiger charge is 2.21. The van der Waals surface area contributed by atoms with E-state index in [0.29, 0.717) is 10.8 Å². The number of aryl methyl sites for hydroxylation is 1. The van der Waals surface area contributed by atoms with Crippen LogP contribution in [0.15, 0.2) is 24.3 Å². The van der Waals surface area contributed by atoms with Gasteiger partial charge in [0.1, 0.15) is 17.2 Å². The molecule has 1 N–H and O–H groups in total. The summed E-state index contributed by atoms with van der Waals surface area (Å²) in [5.74, 6) is -0.443. The minimum atomic E-state index is -0.944. The van der Waals surface area contributed by atoms with E-state index < -0.39 is 5.97 Å².